The highest BCUT2D eigenvalue weighted by atomic mass is 16.5. The average molecular weight is 341 g/mol. The molecule has 6 heteroatoms. The molecule has 25 heavy (non-hydrogen) atoms. The Morgan fingerprint density at radius 1 is 1.24 bits per heavy atom. The van der Waals surface area contributed by atoms with E-state index >= 15 is 0 Å². The van der Waals surface area contributed by atoms with Crippen molar-refractivity contribution in [3.05, 3.63) is 47.3 Å². The maximum atomic E-state index is 12.9. The summed E-state index contributed by atoms with van der Waals surface area (Å²) >= 11 is 0. The van der Waals surface area contributed by atoms with Crippen LogP contribution in [0, 0.1) is 0 Å². The smallest absolute Gasteiger partial charge is 0.337 e. The van der Waals surface area contributed by atoms with Crippen molar-refractivity contribution in [2.75, 3.05) is 18.6 Å². The molecule has 1 aliphatic heterocycles. The van der Waals surface area contributed by atoms with Crippen LogP contribution in [-0.4, -0.2) is 35.3 Å². The number of fused-ring (bicyclic) bond motifs is 1. The lowest BCUT2D eigenvalue weighted by Gasteiger charge is -2.16. The van der Waals surface area contributed by atoms with Gasteiger partial charge in [-0.25, -0.2) is 4.79 Å². The average Bonchev–Trinajstić information content (AvgIpc) is 3.28. The van der Waals surface area contributed by atoms with Crippen molar-refractivity contribution in [3.8, 4) is 0 Å². The van der Waals surface area contributed by atoms with Gasteiger partial charge in [0.15, 0.2) is 5.69 Å². The highest BCUT2D eigenvalue weighted by Gasteiger charge is 2.28. The molecule has 3 rings (SSSR count). The van der Waals surface area contributed by atoms with Gasteiger partial charge in [-0.2, -0.15) is 5.10 Å². The maximum absolute atomic E-state index is 12.9. The van der Waals surface area contributed by atoms with Crippen molar-refractivity contribution in [1.82, 2.24) is 9.78 Å². The fraction of sp³-hybridized carbons (Fsp3) is 0.421. The van der Waals surface area contributed by atoms with E-state index in [-0.39, 0.29) is 11.9 Å². The van der Waals surface area contributed by atoms with Crippen LogP contribution in [0.25, 0.3) is 0 Å². The number of ether oxygens (including phenoxy) is 1. The number of aromatic nitrogens is 2. The number of methoxy groups -OCH3 is 1. The summed E-state index contributed by atoms with van der Waals surface area (Å²) in [4.78, 5) is 26.2. The number of rotatable bonds is 5. The topological polar surface area (TPSA) is 64.4 Å². The number of nitrogens with zero attached hydrogens (tertiary/aromatic N) is 3. The maximum Gasteiger partial charge on any atom is 0.337 e. The van der Waals surface area contributed by atoms with Crippen molar-refractivity contribution in [2.45, 2.75) is 39.2 Å². The van der Waals surface area contributed by atoms with Gasteiger partial charge in [-0.05, 0) is 49.1 Å². The molecule has 2 aromatic rings. The van der Waals surface area contributed by atoms with E-state index in [4.69, 9.17) is 4.74 Å². The number of anilines is 1. The van der Waals surface area contributed by atoms with E-state index in [0.717, 1.165) is 30.5 Å². The van der Waals surface area contributed by atoms with E-state index in [1.165, 1.54) is 7.11 Å². The fourth-order valence-electron chi connectivity index (χ4n) is 3.31. The van der Waals surface area contributed by atoms with Gasteiger partial charge < -0.3 is 9.64 Å². The van der Waals surface area contributed by atoms with E-state index < -0.39 is 0 Å². The predicted molar refractivity (Wildman–Crippen MR) is 95.0 cm³/mol. The highest BCUT2D eigenvalue weighted by Crippen LogP contribution is 2.30. The first-order valence-corrected chi connectivity index (χ1v) is 8.67. The molecule has 0 radical (unpaired) electrons. The van der Waals surface area contributed by atoms with E-state index in [9.17, 15) is 9.59 Å². The van der Waals surface area contributed by atoms with Crippen LogP contribution in [0.2, 0.25) is 0 Å². The molecule has 6 nitrogen and oxygen atoms in total. The third-order valence-corrected chi connectivity index (χ3v) is 4.79. The van der Waals surface area contributed by atoms with Gasteiger partial charge in [-0.15, -0.1) is 0 Å². The quantitative estimate of drug-likeness (QED) is 0.783. The lowest BCUT2D eigenvalue weighted by molar-refractivity contribution is 0.0600. The lowest BCUT2D eigenvalue weighted by Crippen LogP contribution is -2.29. The third-order valence-electron chi connectivity index (χ3n) is 4.79. The van der Waals surface area contributed by atoms with Gasteiger partial charge in [0.05, 0.1) is 18.7 Å². The number of carbonyl (C=O) groups excluding carboxylic acids is 2. The van der Waals surface area contributed by atoms with Crippen LogP contribution in [0.1, 0.15) is 59.1 Å². The van der Waals surface area contributed by atoms with E-state index in [2.05, 4.69) is 18.9 Å². The third kappa shape index (κ3) is 3.16. The fourth-order valence-corrected chi connectivity index (χ4v) is 3.31. The highest BCUT2D eigenvalue weighted by molar-refractivity contribution is 6.06. The van der Waals surface area contributed by atoms with Crippen LogP contribution >= 0.6 is 0 Å². The zero-order valence-electron chi connectivity index (χ0n) is 14.9. The second-order valence-electron chi connectivity index (χ2n) is 6.19. The van der Waals surface area contributed by atoms with Crippen molar-refractivity contribution >= 4 is 17.6 Å². The lowest BCUT2D eigenvalue weighted by atomic mass is 10.1. The van der Waals surface area contributed by atoms with Crippen molar-refractivity contribution in [2.24, 2.45) is 0 Å². The summed E-state index contributed by atoms with van der Waals surface area (Å²) < 4.78 is 6.63. The summed E-state index contributed by atoms with van der Waals surface area (Å²) in [5.74, 6) is -0.467. The molecule has 132 valence electrons. The minimum absolute atomic E-state index is 0.103. The number of esters is 1. The number of hydrogen-bond donors (Lipinski definition) is 0. The molecule has 0 bridgehead atoms. The largest absolute Gasteiger partial charge is 0.465 e. The zero-order valence-corrected chi connectivity index (χ0v) is 14.9. The Bertz CT molecular complexity index is 793. The standard InChI is InChI=1S/C19H23N3O3/c1-4-15(5-2)22-11-9-16(20-22)18(23)21-10-8-13-12-14(19(24)25-3)6-7-17(13)21/h6-7,9,11-12,15H,4-5,8,10H2,1-3H3. The molecular weight excluding hydrogens is 318 g/mol. The summed E-state index contributed by atoms with van der Waals surface area (Å²) in [5, 5.41) is 4.48. The molecular formula is C19H23N3O3. The first-order chi connectivity index (χ1) is 12.1. The molecule has 0 unspecified atom stereocenters. The molecule has 0 N–H and O–H groups in total. The number of benzene rings is 1. The molecule has 0 saturated carbocycles. The minimum Gasteiger partial charge on any atom is -0.465 e. The Morgan fingerprint density at radius 3 is 2.68 bits per heavy atom. The van der Waals surface area contributed by atoms with Gasteiger partial charge >= 0.3 is 5.97 Å². The van der Waals surface area contributed by atoms with Crippen LogP contribution in [0.3, 0.4) is 0 Å². The predicted octanol–water partition coefficient (Wildman–Crippen LogP) is 3.23. The molecule has 0 atom stereocenters. The summed E-state index contributed by atoms with van der Waals surface area (Å²) in [6, 6.07) is 7.40. The Kier molecular flexibility index (Phi) is 4.88. The van der Waals surface area contributed by atoms with Crippen molar-refractivity contribution < 1.29 is 14.3 Å². The van der Waals surface area contributed by atoms with Crippen LogP contribution in [0.5, 0.6) is 0 Å². The first-order valence-electron chi connectivity index (χ1n) is 8.67. The van der Waals surface area contributed by atoms with Crippen molar-refractivity contribution in [3.63, 3.8) is 0 Å². The summed E-state index contributed by atoms with van der Waals surface area (Å²) in [5.41, 5.74) is 2.79. The molecule has 2 heterocycles. The monoisotopic (exact) mass is 341 g/mol. The SMILES string of the molecule is CCC(CC)n1ccc(C(=O)N2CCc3cc(C(=O)OC)ccc32)n1. The molecule has 1 amide bonds. The Morgan fingerprint density at radius 2 is 2.00 bits per heavy atom. The van der Waals surface area contributed by atoms with E-state index in [1.54, 1.807) is 23.1 Å². The van der Waals surface area contributed by atoms with Gasteiger partial charge in [0.2, 0.25) is 0 Å². The Hall–Kier alpha value is -2.63. The minimum atomic E-state index is -0.364. The molecule has 1 aliphatic rings. The molecule has 0 saturated heterocycles. The van der Waals surface area contributed by atoms with Crippen LogP contribution in [0.4, 0.5) is 5.69 Å². The summed E-state index contributed by atoms with van der Waals surface area (Å²) in [6.07, 6.45) is 4.56. The first kappa shape index (κ1) is 17.2. The molecule has 1 aromatic carbocycles. The summed E-state index contributed by atoms with van der Waals surface area (Å²) in [7, 11) is 1.36. The Labute approximate surface area is 147 Å². The van der Waals surface area contributed by atoms with Gasteiger partial charge in [0.25, 0.3) is 5.91 Å². The second kappa shape index (κ2) is 7.09. The number of amides is 1. The molecule has 0 aliphatic carbocycles. The number of carbonyl (C=O) groups is 2. The van der Waals surface area contributed by atoms with Gasteiger partial charge in [0.1, 0.15) is 0 Å². The van der Waals surface area contributed by atoms with Crippen LogP contribution < -0.4 is 4.90 Å². The van der Waals surface area contributed by atoms with Gasteiger partial charge in [-0.3, -0.25) is 9.48 Å². The normalized spacial score (nSPS) is 13.2. The van der Waals surface area contributed by atoms with Gasteiger partial charge in [0, 0.05) is 18.4 Å². The Balaban J connectivity index is 1.83. The molecule has 0 spiro atoms. The van der Waals surface area contributed by atoms with E-state index in [0.29, 0.717) is 23.8 Å². The van der Waals surface area contributed by atoms with Crippen molar-refractivity contribution in [1.29, 1.82) is 0 Å². The van der Waals surface area contributed by atoms with Crippen LogP contribution in [-0.2, 0) is 11.2 Å². The van der Waals surface area contributed by atoms with Crippen LogP contribution in [0.15, 0.2) is 30.5 Å². The van der Waals surface area contributed by atoms with E-state index in [1.807, 2.05) is 16.9 Å². The molecule has 0 fully saturated rings. The second-order valence-corrected chi connectivity index (χ2v) is 6.19. The molecule has 1 aromatic heterocycles. The summed E-state index contributed by atoms with van der Waals surface area (Å²) in [6.45, 7) is 4.83. The zero-order chi connectivity index (χ0) is 18.0. The number of hydrogen-bond acceptors (Lipinski definition) is 4. The van der Waals surface area contributed by atoms with Gasteiger partial charge in [-0.1, -0.05) is 13.8 Å².